The summed E-state index contributed by atoms with van der Waals surface area (Å²) in [5, 5.41) is 0. The van der Waals surface area contributed by atoms with Crippen LogP contribution in [0.2, 0.25) is 0 Å². The molecule has 0 aromatic rings. The fourth-order valence-electron chi connectivity index (χ4n) is 5.03. The normalized spacial score (nSPS) is 12.7. The maximum Gasteiger partial charge on any atom is 2.00 e. The third-order valence-corrected chi connectivity index (χ3v) is 9.31. The Morgan fingerprint density at radius 1 is 0.372 bits per heavy atom. The second-order valence-corrected chi connectivity index (χ2v) is 14.6. The number of allylic oxidation sites excluding steroid dienone is 4. The van der Waals surface area contributed by atoms with Crippen LogP contribution in [0.4, 0.5) is 0 Å². The van der Waals surface area contributed by atoms with Crippen molar-refractivity contribution in [2.75, 3.05) is 12.3 Å². The molecule has 7 heteroatoms. The Morgan fingerprint density at radius 2 is 0.581 bits per heavy atom. The summed E-state index contributed by atoms with van der Waals surface area (Å²) in [5.41, 5.74) is 0. The summed E-state index contributed by atoms with van der Waals surface area (Å²) in [6, 6.07) is 0. The van der Waals surface area contributed by atoms with Gasteiger partial charge in [0.2, 0.25) is 0 Å². The Balaban J connectivity index is -0.000000727. The van der Waals surface area contributed by atoms with Crippen molar-refractivity contribution in [3.05, 3.63) is 24.3 Å². The molecule has 0 heterocycles. The van der Waals surface area contributed by atoms with E-state index in [1.165, 1.54) is 154 Å². The minimum Gasteiger partial charge on any atom is -0.802 e. The van der Waals surface area contributed by atoms with Crippen molar-refractivity contribution in [3.8, 4) is 0 Å². The SMILES string of the molecule is CCCCCCCCC=CCCCCCCCC[PH](=O)[O-].CCCCCCCCC=CCCCCCCCC[PH](=O)[O-].[Fe+2]. The zero-order valence-electron chi connectivity index (χ0n) is 28.5. The first-order valence-electron chi connectivity index (χ1n) is 18.2. The Hall–Kier alpha value is 0.379. The smallest absolute Gasteiger partial charge is 0.802 e. The van der Waals surface area contributed by atoms with Gasteiger partial charge in [-0.3, -0.25) is 0 Å². The quantitative estimate of drug-likeness (QED) is 0.0305. The van der Waals surface area contributed by atoms with Crippen molar-refractivity contribution in [2.45, 2.75) is 194 Å². The molecule has 0 aromatic carbocycles. The van der Waals surface area contributed by atoms with E-state index in [4.69, 9.17) is 0 Å². The van der Waals surface area contributed by atoms with Crippen LogP contribution < -0.4 is 9.79 Å². The van der Waals surface area contributed by atoms with Crippen LogP contribution in [0.25, 0.3) is 0 Å². The summed E-state index contributed by atoms with van der Waals surface area (Å²) in [6.07, 6.45) is 45.6. The summed E-state index contributed by atoms with van der Waals surface area (Å²) in [5.74, 6) is 0. The monoisotopic (exact) mass is 686 g/mol. The van der Waals surface area contributed by atoms with E-state index in [2.05, 4.69) is 38.2 Å². The van der Waals surface area contributed by atoms with Gasteiger partial charge in [-0.05, 0) is 76.5 Å². The number of hydrogen-bond acceptors (Lipinski definition) is 4. The van der Waals surface area contributed by atoms with Gasteiger partial charge in [-0.25, -0.2) is 0 Å². The Kier molecular flexibility index (Phi) is 49.5. The Morgan fingerprint density at radius 3 is 0.814 bits per heavy atom. The average Bonchev–Trinajstić information content (AvgIpc) is 2.97. The van der Waals surface area contributed by atoms with E-state index in [9.17, 15) is 18.9 Å². The zero-order valence-corrected chi connectivity index (χ0v) is 31.6. The third-order valence-electron chi connectivity index (χ3n) is 7.79. The van der Waals surface area contributed by atoms with Gasteiger partial charge in [-0.15, -0.1) is 0 Å². The van der Waals surface area contributed by atoms with Gasteiger partial charge in [0.1, 0.15) is 0 Å². The average molecular weight is 687 g/mol. The van der Waals surface area contributed by atoms with Crippen LogP contribution in [0.1, 0.15) is 194 Å². The molecule has 0 saturated heterocycles. The molecule has 0 N–H and O–H groups in total. The molecule has 43 heavy (non-hydrogen) atoms. The van der Waals surface area contributed by atoms with E-state index in [0.29, 0.717) is 12.3 Å². The Bertz CT molecular complexity index is 562. The van der Waals surface area contributed by atoms with Crippen LogP contribution in [0.5, 0.6) is 0 Å². The van der Waals surface area contributed by atoms with E-state index < -0.39 is 16.1 Å². The molecule has 0 bridgehead atoms. The molecule has 0 radical (unpaired) electrons. The van der Waals surface area contributed by atoms with Crippen molar-refractivity contribution in [1.82, 2.24) is 0 Å². The van der Waals surface area contributed by atoms with Crippen LogP contribution in [0, 0.1) is 0 Å². The molecule has 0 saturated carbocycles. The largest absolute Gasteiger partial charge is 2.00 e. The van der Waals surface area contributed by atoms with E-state index in [1.807, 2.05) is 0 Å². The molecule has 2 unspecified atom stereocenters. The van der Waals surface area contributed by atoms with Crippen LogP contribution in [0.15, 0.2) is 24.3 Å². The van der Waals surface area contributed by atoms with Gasteiger partial charge in [0.25, 0.3) is 0 Å². The van der Waals surface area contributed by atoms with Crippen molar-refractivity contribution in [2.24, 2.45) is 0 Å². The first-order valence-corrected chi connectivity index (χ1v) is 21.3. The van der Waals surface area contributed by atoms with Gasteiger partial charge in [-0.2, -0.15) is 0 Å². The summed E-state index contributed by atoms with van der Waals surface area (Å²) in [6.45, 7) is 4.52. The van der Waals surface area contributed by atoms with E-state index >= 15 is 0 Å². The van der Waals surface area contributed by atoms with Gasteiger partial charge in [0, 0.05) is 16.1 Å². The molecule has 2 atom stereocenters. The van der Waals surface area contributed by atoms with Crippen molar-refractivity contribution < 1.29 is 36.0 Å². The minimum absolute atomic E-state index is 0. The molecule has 0 aliphatic rings. The molecule has 0 amide bonds. The first-order chi connectivity index (χ1) is 20.5. The molecule has 0 spiro atoms. The summed E-state index contributed by atoms with van der Waals surface area (Å²) in [7, 11) is -4.92. The van der Waals surface area contributed by atoms with Crippen LogP contribution in [0.3, 0.4) is 0 Å². The maximum absolute atomic E-state index is 10.4. The molecule has 0 fully saturated rings. The van der Waals surface area contributed by atoms with Crippen molar-refractivity contribution in [3.63, 3.8) is 0 Å². The van der Waals surface area contributed by atoms with Crippen LogP contribution >= 0.6 is 16.1 Å². The molecular formula is C36H72FeO4P2. The van der Waals surface area contributed by atoms with Gasteiger partial charge < -0.3 is 18.9 Å². The molecule has 0 aliphatic heterocycles. The molecule has 4 nitrogen and oxygen atoms in total. The first kappa shape index (κ1) is 47.8. The second kappa shape index (κ2) is 44.5. The summed E-state index contributed by atoms with van der Waals surface area (Å²) < 4.78 is 20.8. The summed E-state index contributed by atoms with van der Waals surface area (Å²) >= 11 is 0. The van der Waals surface area contributed by atoms with Gasteiger partial charge >= 0.3 is 17.1 Å². The number of rotatable bonds is 32. The molecule has 258 valence electrons. The predicted molar refractivity (Wildman–Crippen MR) is 187 cm³/mol. The van der Waals surface area contributed by atoms with Crippen LogP contribution in [-0.2, 0) is 26.2 Å². The van der Waals surface area contributed by atoms with E-state index in [-0.39, 0.29) is 17.1 Å². The van der Waals surface area contributed by atoms with Gasteiger partial charge in [-0.1, -0.05) is 154 Å². The number of unbranched alkanes of at least 4 members (excludes halogenated alkanes) is 24. The third kappa shape index (κ3) is 52.2. The van der Waals surface area contributed by atoms with Gasteiger partial charge in [0.05, 0.1) is 0 Å². The molecule has 0 aromatic heterocycles. The fraction of sp³-hybridized carbons (Fsp3) is 0.889. The summed E-state index contributed by atoms with van der Waals surface area (Å²) in [4.78, 5) is 20.8. The molecular weight excluding hydrogens is 614 g/mol. The van der Waals surface area contributed by atoms with E-state index in [1.54, 1.807) is 0 Å². The van der Waals surface area contributed by atoms with E-state index in [0.717, 1.165) is 25.7 Å². The van der Waals surface area contributed by atoms with Crippen molar-refractivity contribution >= 4 is 16.1 Å². The fourth-order valence-corrected chi connectivity index (χ4v) is 6.11. The Labute approximate surface area is 281 Å². The van der Waals surface area contributed by atoms with Crippen LogP contribution in [-0.4, -0.2) is 12.3 Å². The zero-order chi connectivity index (χ0) is 31.2. The van der Waals surface area contributed by atoms with Gasteiger partial charge in [0.15, 0.2) is 0 Å². The van der Waals surface area contributed by atoms with Crippen molar-refractivity contribution in [1.29, 1.82) is 0 Å². The topological polar surface area (TPSA) is 80.3 Å². The minimum atomic E-state index is -2.46. The molecule has 0 rings (SSSR count). The standard InChI is InChI=1S/2C18H37O2P.Fe/c2*1-2-3-4-5-6-7-8-9-10-11-12-13-14-15-16-17-18-21(19)20;/h2*9-10,21H,2-8,11-18H2,1H3,(H,19,20);/q;;+2/p-2. The predicted octanol–water partition coefficient (Wildman–Crippen LogP) is 11.7. The number of hydrogen-bond donors (Lipinski definition) is 0. The molecule has 0 aliphatic carbocycles. The maximum atomic E-state index is 10.4. The second-order valence-electron chi connectivity index (χ2n) is 12.1.